The standard InChI is InChI=1S/C17H19N3O4/c1-17(12-8-11(22-2)4-5-14(12)23-3)9-13(16(21)24-17)20-15-10-18-6-7-19-15/h4-8,10,13H,9H2,1-3H3,(H,19,20). The number of carbonyl (C=O) groups is 1. The fourth-order valence-corrected chi connectivity index (χ4v) is 2.86. The number of nitrogens with zero attached hydrogens (tertiary/aromatic N) is 2. The molecule has 3 rings (SSSR count). The van der Waals surface area contributed by atoms with Gasteiger partial charge in [-0.05, 0) is 25.1 Å². The Morgan fingerprint density at radius 1 is 1.29 bits per heavy atom. The third kappa shape index (κ3) is 2.97. The van der Waals surface area contributed by atoms with Gasteiger partial charge in [0.15, 0.2) is 0 Å². The number of esters is 1. The van der Waals surface area contributed by atoms with Crippen LogP contribution in [0.15, 0.2) is 36.8 Å². The Morgan fingerprint density at radius 2 is 2.12 bits per heavy atom. The minimum atomic E-state index is -0.823. The number of anilines is 1. The Balaban J connectivity index is 1.88. The van der Waals surface area contributed by atoms with Crippen LogP contribution in [-0.2, 0) is 15.1 Å². The molecule has 1 N–H and O–H groups in total. The second-order valence-corrected chi connectivity index (χ2v) is 5.71. The lowest BCUT2D eigenvalue weighted by atomic mass is 9.90. The van der Waals surface area contributed by atoms with Gasteiger partial charge in [0, 0.05) is 24.4 Å². The molecule has 1 aliphatic rings. The molecule has 0 bridgehead atoms. The summed E-state index contributed by atoms with van der Waals surface area (Å²) in [6.07, 6.45) is 5.14. The monoisotopic (exact) mass is 329 g/mol. The quantitative estimate of drug-likeness (QED) is 0.841. The molecule has 0 spiro atoms. The van der Waals surface area contributed by atoms with Gasteiger partial charge >= 0.3 is 5.97 Å². The molecule has 2 aromatic rings. The van der Waals surface area contributed by atoms with Gasteiger partial charge in [0.1, 0.15) is 29.0 Å². The van der Waals surface area contributed by atoms with Crippen LogP contribution in [0.2, 0.25) is 0 Å². The molecule has 2 unspecified atom stereocenters. The zero-order chi connectivity index (χ0) is 17.2. The predicted molar refractivity (Wildman–Crippen MR) is 87.0 cm³/mol. The summed E-state index contributed by atoms with van der Waals surface area (Å²) in [6, 6.07) is 4.92. The van der Waals surface area contributed by atoms with E-state index in [0.29, 0.717) is 23.7 Å². The second-order valence-electron chi connectivity index (χ2n) is 5.71. The number of benzene rings is 1. The summed E-state index contributed by atoms with van der Waals surface area (Å²) in [5, 5.41) is 3.06. The summed E-state index contributed by atoms with van der Waals surface area (Å²) in [7, 11) is 3.17. The van der Waals surface area contributed by atoms with E-state index in [0.717, 1.165) is 5.56 Å². The molecule has 1 fully saturated rings. The van der Waals surface area contributed by atoms with Crippen LogP contribution < -0.4 is 14.8 Å². The fourth-order valence-electron chi connectivity index (χ4n) is 2.86. The minimum absolute atomic E-state index is 0.340. The summed E-state index contributed by atoms with van der Waals surface area (Å²) in [6.45, 7) is 1.86. The molecule has 1 saturated heterocycles. The average Bonchev–Trinajstić information content (AvgIpc) is 2.90. The number of aromatic nitrogens is 2. The van der Waals surface area contributed by atoms with Crippen molar-refractivity contribution < 1.29 is 19.0 Å². The number of carbonyl (C=O) groups excluding carboxylic acids is 1. The molecular weight excluding hydrogens is 310 g/mol. The normalized spacial score (nSPS) is 22.8. The van der Waals surface area contributed by atoms with Crippen molar-refractivity contribution in [3.8, 4) is 11.5 Å². The number of hydrogen-bond acceptors (Lipinski definition) is 7. The van der Waals surface area contributed by atoms with Gasteiger partial charge in [-0.25, -0.2) is 9.78 Å². The van der Waals surface area contributed by atoms with E-state index < -0.39 is 11.6 Å². The minimum Gasteiger partial charge on any atom is -0.497 e. The summed E-state index contributed by atoms with van der Waals surface area (Å²) >= 11 is 0. The number of nitrogens with one attached hydrogen (secondary N) is 1. The van der Waals surface area contributed by atoms with Crippen molar-refractivity contribution in [2.24, 2.45) is 0 Å². The lowest BCUT2D eigenvalue weighted by molar-refractivity contribution is -0.148. The molecule has 1 aromatic heterocycles. The van der Waals surface area contributed by atoms with Gasteiger partial charge in [-0.3, -0.25) is 4.98 Å². The highest BCUT2D eigenvalue weighted by Gasteiger charge is 2.46. The summed E-state index contributed by atoms with van der Waals surface area (Å²) in [5.41, 5.74) is -0.0576. The molecule has 2 atom stereocenters. The summed E-state index contributed by atoms with van der Waals surface area (Å²) in [4.78, 5) is 20.4. The highest BCUT2D eigenvalue weighted by atomic mass is 16.6. The molecule has 0 saturated carbocycles. The number of ether oxygens (including phenoxy) is 3. The average molecular weight is 329 g/mol. The van der Waals surface area contributed by atoms with Crippen molar-refractivity contribution in [2.45, 2.75) is 25.0 Å². The zero-order valence-corrected chi connectivity index (χ0v) is 13.8. The Morgan fingerprint density at radius 3 is 2.79 bits per heavy atom. The third-order valence-corrected chi connectivity index (χ3v) is 4.07. The number of rotatable bonds is 5. The van der Waals surface area contributed by atoms with Crippen molar-refractivity contribution in [3.05, 3.63) is 42.4 Å². The molecular formula is C17H19N3O4. The third-order valence-electron chi connectivity index (χ3n) is 4.07. The predicted octanol–water partition coefficient (Wildman–Crippen LogP) is 2.14. The van der Waals surface area contributed by atoms with Gasteiger partial charge in [-0.1, -0.05) is 0 Å². The van der Waals surface area contributed by atoms with Crippen LogP contribution >= 0.6 is 0 Å². The smallest absolute Gasteiger partial charge is 0.329 e. The molecule has 1 aliphatic heterocycles. The number of hydrogen-bond donors (Lipinski definition) is 1. The summed E-state index contributed by atoms with van der Waals surface area (Å²) in [5.74, 6) is 1.51. The van der Waals surface area contributed by atoms with Crippen molar-refractivity contribution in [3.63, 3.8) is 0 Å². The second kappa shape index (κ2) is 6.35. The maximum Gasteiger partial charge on any atom is 0.329 e. The van der Waals surface area contributed by atoms with Crippen LogP contribution in [0, 0.1) is 0 Å². The molecule has 0 aliphatic carbocycles. The fraction of sp³-hybridized carbons (Fsp3) is 0.353. The lowest BCUT2D eigenvalue weighted by Crippen LogP contribution is -2.25. The van der Waals surface area contributed by atoms with Crippen molar-refractivity contribution in [1.82, 2.24) is 9.97 Å². The van der Waals surface area contributed by atoms with Crippen molar-refractivity contribution in [1.29, 1.82) is 0 Å². The highest BCUT2D eigenvalue weighted by Crippen LogP contribution is 2.43. The van der Waals surface area contributed by atoms with Crippen molar-refractivity contribution in [2.75, 3.05) is 19.5 Å². The van der Waals surface area contributed by atoms with E-state index in [2.05, 4.69) is 15.3 Å². The van der Waals surface area contributed by atoms with Crippen molar-refractivity contribution >= 4 is 11.8 Å². The van der Waals surface area contributed by atoms with E-state index in [9.17, 15) is 4.79 Å². The number of methoxy groups -OCH3 is 2. The number of cyclic esters (lactones) is 1. The molecule has 0 radical (unpaired) electrons. The first-order chi connectivity index (χ1) is 11.6. The topological polar surface area (TPSA) is 82.6 Å². The van der Waals surface area contributed by atoms with E-state index in [1.54, 1.807) is 44.9 Å². The Bertz CT molecular complexity index is 738. The van der Waals surface area contributed by atoms with Crippen LogP contribution in [0.4, 0.5) is 5.82 Å². The van der Waals surface area contributed by atoms with E-state index in [-0.39, 0.29) is 5.97 Å². The Hall–Kier alpha value is -2.83. The van der Waals surface area contributed by atoms with Gasteiger partial charge in [-0.15, -0.1) is 0 Å². The van der Waals surface area contributed by atoms with Gasteiger partial charge in [0.2, 0.25) is 0 Å². The first-order valence-electron chi connectivity index (χ1n) is 7.53. The van der Waals surface area contributed by atoms with Crippen LogP contribution in [0.5, 0.6) is 11.5 Å². The SMILES string of the molecule is COc1ccc(OC)c(C2(C)CC(Nc3cnccn3)C(=O)O2)c1. The van der Waals surface area contributed by atoms with E-state index in [1.807, 2.05) is 13.0 Å². The maximum atomic E-state index is 12.3. The summed E-state index contributed by atoms with van der Waals surface area (Å²) < 4.78 is 16.4. The molecule has 24 heavy (non-hydrogen) atoms. The van der Waals surface area contributed by atoms with E-state index in [1.165, 1.54) is 0 Å². The molecule has 126 valence electrons. The van der Waals surface area contributed by atoms with Gasteiger partial charge in [-0.2, -0.15) is 0 Å². The molecule has 7 heteroatoms. The van der Waals surface area contributed by atoms with Gasteiger partial charge < -0.3 is 19.5 Å². The van der Waals surface area contributed by atoms with Gasteiger partial charge in [0.25, 0.3) is 0 Å². The van der Waals surface area contributed by atoms with E-state index >= 15 is 0 Å². The largest absolute Gasteiger partial charge is 0.497 e. The van der Waals surface area contributed by atoms with Crippen LogP contribution in [0.25, 0.3) is 0 Å². The Labute approximate surface area is 140 Å². The maximum absolute atomic E-state index is 12.3. The molecule has 7 nitrogen and oxygen atoms in total. The van der Waals surface area contributed by atoms with E-state index in [4.69, 9.17) is 14.2 Å². The lowest BCUT2D eigenvalue weighted by Gasteiger charge is -2.25. The molecule has 1 aromatic carbocycles. The first kappa shape index (κ1) is 16.0. The van der Waals surface area contributed by atoms with Gasteiger partial charge in [0.05, 0.1) is 20.4 Å². The first-order valence-corrected chi connectivity index (χ1v) is 7.53. The molecule has 0 amide bonds. The van der Waals surface area contributed by atoms with Crippen LogP contribution in [0.3, 0.4) is 0 Å². The van der Waals surface area contributed by atoms with Crippen LogP contribution in [-0.4, -0.2) is 36.2 Å². The zero-order valence-electron chi connectivity index (χ0n) is 13.8. The van der Waals surface area contributed by atoms with Crippen LogP contribution in [0.1, 0.15) is 18.9 Å². The highest BCUT2D eigenvalue weighted by molar-refractivity contribution is 5.82. The molecule has 2 heterocycles. The Kier molecular flexibility index (Phi) is 4.24.